The van der Waals surface area contributed by atoms with E-state index >= 15 is 0 Å². The topological polar surface area (TPSA) is 57.4 Å². The van der Waals surface area contributed by atoms with Gasteiger partial charge in [0.25, 0.3) is 0 Å². The van der Waals surface area contributed by atoms with Crippen LogP contribution >= 0.6 is 11.6 Å². The van der Waals surface area contributed by atoms with E-state index in [1.54, 1.807) is 0 Å². The van der Waals surface area contributed by atoms with Gasteiger partial charge in [-0.15, -0.1) is 0 Å². The molecule has 0 aliphatic carbocycles. The molecule has 0 amide bonds. The zero-order valence-corrected chi connectivity index (χ0v) is 20.5. The Morgan fingerprint density at radius 2 is 1.16 bits per heavy atom. The number of nitrogens with one attached hydrogen (secondary N) is 2. The molecule has 0 spiro atoms. The van der Waals surface area contributed by atoms with Crippen molar-refractivity contribution in [3.63, 3.8) is 0 Å². The molecule has 2 aliphatic rings. The molecule has 0 radical (unpaired) electrons. The molecule has 0 saturated carbocycles. The summed E-state index contributed by atoms with van der Waals surface area (Å²) in [4.78, 5) is 17.1. The summed E-state index contributed by atoms with van der Waals surface area (Å²) in [6.07, 6.45) is 5.99. The summed E-state index contributed by atoms with van der Waals surface area (Å²) in [5.41, 5.74) is 11.4. The minimum atomic E-state index is 0.594. The van der Waals surface area contributed by atoms with E-state index in [0.29, 0.717) is 10.7 Å². The second-order valence-corrected chi connectivity index (χ2v) is 9.46. The van der Waals surface area contributed by atoms with Gasteiger partial charge in [0.1, 0.15) is 0 Å². The lowest BCUT2D eigenvalue weighted by Crippen LogP contribution is -1.86. The Hall–Kier alpha value is -4.67. The first kappa shape index (κ1) is 21.6. The number of nitrogens with zero attached hydrogens (tertiary/aromatic N) is 2. The van der Waals surface area contributed by atoms with Gasteiger partial charge in [0.15, 0.2) is 0 Å². The number of halogens is 1. The smallest absolute Gasteiger partial charge is 0.0845 e. The van der Waals surface area contributed by atoms with Gasteiger partial charge in [0, 0.05) is 33.2 Å². The Bertz CT molecular complexity index is 1880. The molecule has 7 rings (SSSR count). The van der Waals surface area contributed by atoms with Crippen molar-refractivity contribution in [2.45, 2.75) is 0 Å². The van der Waals surface area contributed by atoms with Gasteiger partial charge in [-0.05, 0) is 65.8 Å². The van der Waals surface area contributed by atoms with Crippen molar-refractivity contribution in [2.24, 2.45) is 0 Å². The van der Waals surface area contributed by atoms with Crippen molar-refractivity contribution in [3.05, 3.63) is 120 Å². The maximum absolute atomic E-state index is 6.72. The van der Waals surface area contributed by atoms with Crippen LogP contribution in [0.3, 0.4) is 0 Å². The van der Waals surface area contributed by atoms with E-state index in [-0.39, 0.29) is 0 Å². The first-order valence-corrected chi connectivity index (χ1v) is 12.5. The molecule has 8 bridgehead atoms. The maximum Gasteiger partial charge on any atom is 0.0845 e. The average Bonchev–Trinajstić information content (AvgIpc) is 3.72. The fourth-order valence-electron chi connectivity index (χ4n) is 4.92. The molecule has 0 unspecified atom stereocenters. The number of hydrogen-bond acceptors (Lipinski definition) is 2. The fraction of sp³-hybridized carbons (Fsp3) is 0. The summed E-state index contributed by atoms with van der Waals surface area (Å²) >= 11 is 6.72. The van der Waals surface area contributed by atoms with E-state index < -0.39 is 0 Å². The van der Waals surface area contributed by atoms with Gasteiger partial charge in [-0.25, -0.2) is 9.97 Å². The first-order chi connectivity index (χ1) is 18.2. The molecule has 37 heavy (non-hydrogen) atoms. The average molecular weight is 497 g/mol. The Labute approximate surface area is 218 Å². The van der Waals surface area contributed by atoms with Gasteiger partial charge in [0.05, 0.1) is 27.8 Å². The zero-order chi connectivity index (χ0) is 24.8. The highest BCUT2D eigenvalue weighted by Crippen LogP contribution is 2.35. The third kappa shape index (κ3) is 3.98. The van der Waals surface area contributed by atoms with Gasteiger partial charge in [-0.1, -0.05) is 72.3 Å². The molecule has 2 aromatic carbocycles. The van der Waals surface area contributed by atoms with E-state index in [4.69, 9.17) is 21.6 Å². The first-order valence-electron chi connectivity index (χ1n) is 12.1. The van der Waals surface area contributed by atoms with Crippen LogP contribution in [0.1, 0.15) is 22.8 Å². The molecule has 0 fully saturated rings. The largest absolute Gasteiger partial charge is 0.355 e. The van der Waals surface area contributed by atoms with Crippen LogP contribution in [0, 0.1) is 0 Å². The predicted octanol–water partition coefficient (Wildman–Crippen LogP) is 8.56. The van der Waals surface area contributed by atoms with Crippen molar-refractivity contribution in [3.8, 4) is 22.3 Å². The number of H-pyrrole nitrogens is 2. The molecule has 5 aromatic rings. The summed E-state index contributed by atoms with van der Waals surface area (Å²) < 4.78 is 0. The highest BCUT2D eigenvalue weighted by Gasteiger charge is 2.16. The lowest BCUT2D eigenvalue weighted by atomic mass is 10.0. The second-order valence-electron chi connectivity index (χ2n) is 9.06. The van der Waals surface area contributed by atoms with E-state index in [1.807, 2.05) is 60.7 Å². The van der Waals surface area contributed by atoms with Crippen molar-refractivity contribution in [1.82, 2.24) is 19.9 Å². The molecule has 2 aliphatic heterocycles. The maximum atomic E-state index is 6.72. The van der Waals surface area contributed by atoms with E-state index in [0.717, 1.165) is 61.4 Å². The summed E-state index contributed by atoms with van der Waals surface area (Å²) in [7, 11) is 0. The number of aromatic amines is 2. The summed E-state index contributed by atoms with van der Waals surface area (Å²) in [6.45, 7) is 0. The van der Waals surface area contributed by atoms with Crippen LogP contribution in [0.15, 0.2) is 97.1 Å². The fourth-order valence-corrected chi connectivity index (χ4v) is 5.12. The molecular weight excluding hydrogens is 476 g/mol. The van der Waals surface area contributed by atoms with Crippen LogP contribution in [0.4, 0.5) is 0 Å². The minimum absolute atomic E-state index is 0.594. The highest BCUT2D eigenvalue weighted by molar-refractivity contribution is 6.51. The Morgan fingerprint density at radius 1 is 0.568 bits per heavy atom. The molecule has 2 N–H and O–H groups in total. The lowest BCUT2D eigenvalue weighted by Gasteiger charge is -2.03. The van der Waals surface area contributed by atoms with Crippen LogP contribution in [-0.4, -0.2) is 19.9 Å². The standard InChI is InChI=1S/C32H21ClN4/c33-25-19-30-32(21-9-5-2-6-10-21)28-15-12-23(35-28)17-22-11-14-26(34-22)31(20-7-3-1-4-8-20)27-16-13-24(36-27)18-29(25)37-30/h1-19,34-35H. The van der Waals surface area contributed by atoms with Crippen molar-refractivity contribution < 1.29 is 0 Å². The number of fused-ring (bicyclic) bond motifs is 8. The van der Waals surface area contributed by atoms with Crippen molar-refractivity contribution >= 4 is 56.9 Å². The van der Waals surface area contributed by atoms with Crippen LogP contribution in [0.2, 0.25) is 0 Å². The Kier molecular flexibility index (Phi) is 5.12. The highest BCUT2D eigenvalue weighted by atomic mass is 35.5. The third-order valence-corrected chi connectivity index (χ3v) is 6.90. The van der Waals surface area contributed by atoms with Gasteiger partial charge in [-0.3, -0.25) is 0 Å². The van der Waals surface area contributed by atoms with Crippen molar-refractivity contribution in [1.29, 1.82) is 0 Å². The molecule has 0 atom stereocenters. The Morgan fingerprint density at radius 3 is 1.78 bits per heavy atom. The predicted molar refractivity (Wildman–Crippen MR) is 155 cm³/mol. The van der Waals surface area contributed by atoms with Crippen LogP contribution in [0.25, 0.3) is 67.6 Å². The molecular formula is C32H21ClN4. The van der Waals surface area contributed by atoms with E-state index in [1.165, 1.54) is 0 Å². The summed E-state index contributed by atoms with van der Waals surface area (Å²) in [6, 6.07) is 33.0. The SMILES string of the molecule is ClC1=Cc2nc1cc1nc(c(-c3ccccc3)c3ccc(cc4ccc([nH]4)c2-c2ccccc2)[nH]3)C=C1. The number of rotatable bonds is 2. The normalized spacial score (nSPS) is 12.5. The minimum Gasteiger partial charge on any atom is -0.355 e. The lowest BCUT2D eigenvalue weighted by molar-refractivity contribution is 1.27. The van der Waals surface area contributed by atoms with E-state index in [2.05, 4.69) is 64.6 Å². The molecule has 5 heterocycles. The van der Waals surface area contributed by atoms with Crippen molar-refractivity contribution in [2.75, 3.05) is 0 Å². The molecule has 176 valence electrons. The summed E-state index contributed by atoms with van der Waals surface area (Å²) in [5.74, 6) is 0. The zero-order valence-electron chi connectivity index (χ0n) is 19.7. The molecule has 4 nitrogen and oxygen atoms in total. The van der Waals surface area contributed by atoms with Crippen LogP contribution in [0.5, 0.6) is 0 Å². The molecule has 5 heteroatoms. The second kappa shape index (κ2) is 8.77. The number of benzene rings is 2. The third-order valence-electron chi connectivity index (χ3n) is 6.60. The number of aromatic nitrogens is 4. The van der Waals surface area contributed by atoms with Gasteiger partial charge in [-0.2, -0.15) is 0 Å². The van der Waals surface area contributed by atoms with Crippen LogP contribution < -0.4 is 0 Å². The monoisotopic (exact) mass is 496 g/mol. The Balaban J connectivity index is 1.60. The summed E-state index contributed by atoms with van der Waals surface area (Å²) in [5, 5.41) is 0.594. The quantitative estimate of drug-likeness (QED) is 0.252. The number of hydrogen-bond donors (Lipinski definition) is 2. The van der Waals surface area contributed by atoms with Gasteiger partial charge >= 0.3 is 0 Å². The van der Waals surface area contributed by atoms with Crippen LogP contribution in [-0.2, 0) is 0 Å². The van der Waals surface area contributed by atoms with Gasteiger partial charge in [0.2, 0.25) is 0 Å². The molecule has 0 saturated heterocycles. The molecule has 3 aromatic heterocycles. The van der Waals surface area contributed by atoms with Gasteiger partial charge < -0.3 is 9.97 Å². The van der Waals surface area contributed by atoms with E-state index in [9.17, 15) is 0 Å².